The summed E-state index contributed by atoms with van der Waals surface area (Å²) in [7, 11) is 0. The van der Waals surface area contributed by atoms with Crippen LogP contribution in [0.4, 0.5) is 11.4 Å². The van der Waals surface area contributed by atoms with Crippen molar-refractivity contribution in [3.63, 3.8) is 0 Å². The van der Waals surface area contributed by atoms with E-state index in [-0.39, 0.29) is 12.0 Å². The number of nitrogens with one attached hydrogen (secondary N) is 3. The number of amides is 1. The topological polar surface area (TPSA) is 71.6 Å². The molecule has 1 fully saturated rings. The lowest BCUT2D eigenvalue weighted by Crippen LogP contribution is -2.35. The molecule has 2 aliphatic heterocycles. The maximum Gasteiger partial charge on any atom is 0.265 e. The lowest BCUT2D eigenvalue weighted by atomic mass is 10.2. The fraction of sp³-hybridized carbons (Fsp3) is 0.467. The second-order valence-electron chi connectivity index (χ2n) is 5.43. The van der Waals surface area contributed by atoms with Crippen LogP contribution in [0.1, 0.15) is 19.8 Å². The van der Waals surface area contributed by atoms with Crippen molar-refractivity contribution >= 4 is 34.6 Å². The van der Waals surface area contributed by atoms with Gasteiger partial charge in [-0.25, -0.2) is 0 Å². The molecule has 1 saturated heterocycles. The Morgan fingerprint density at radius 1 is 1.50 bits per heavy atom. The summed E-state index contributed by atoms with van der Waals surface area (Å²) in [4.78, 5) is 11.6. The van der Waals surface area contributed by atoms with Crippen molar-refractivity contribution in [3.8, 4) is 5.75 Å². The van der Waals surface area contributed by atoms with E-state index in [1.54, 1.807) is 13.0 Å². The number of hydrogen-bond donors (Lipinski definition) is 3. The van der Waals surface area contributed by atoms with Gasteiger partial charge in [0.25, 0.3) is 5.91 Å². The van der Waals surface area contributed by atoms with Crippen molar-refractivity contribution < 1.29 is 14.3 Å². The molecule has 2 atom stereocenters. The average molecular weight is 321 g/mol. The monoisotopic (exact) mass is 321 g/mol. The molecule has 0 aliphatic carbocycles. The zero-order valence-electron chi connectivity index (χ0n) is 12.3. The first-order valence-corrected chi connectivity index (χ1v) is 7.80. The number of carbonyl (C=O) groups excluding carboxylic acids is 1. The van der Waals surface area contributed by atoms with Crippen molar-refractivity contribution in [2.24, 2.45) is 0 Å². The Morgan fingerprint density at radius 2 is 2.36 bits per heavy atom. The van der Waals surface area contributed by atoms with Gasteiger partial charge in [0.05, 0.1) is 11.8 Å². The molecule has 6 nitrogen and oxygen atoms in total. The lowest BCUT2D eigenvalue weighted by Gasteiger charge is -2.24. The first kappa shape index (κ1) is 15.1. The van der Waals surface area contributed by atoms with Crippen molar-refractivity contribution in [1.29, 1.82) is 0 Å². The van der Waals surface area contributed by atoms with E-state index in [1.165, 1.54) is 0 Å². The lowest BCUT2D eigenvalue weighted by molar-refractivity contribution is -0.122. The van der Waals surface area contributed by atoms with Gasteiger partial charge in [-0.3, -0.25) is 4.79 Å². The van der Waals surface area contributed by atoms with Gasteiger partial charge in [-0.15, -0.1) is 0 Å². The van der Waals surface area contributed by atoms with Crippen LogP contribution in [0.5, 0.6) is 5.75 Å². The van der Waals surface area contributed by atoms with Crippen LogP contribution in [0, 0.1) is 0 Å². The molecular formula is C15H19N3O3S. The quantitative estimate of drug-likeness (QED) is 0.738. The number of thiocarbonyl (C=S) groups is 1. The molecule has 118 valence electrons. The maximum atomic E-state index is 11.6. The van der Waals surface area contributed by atoms with Crippen molar-refractivity contribution in [1.82, 2.24) is 5.32 Å². The minimum Gasteiger partial charge on any atom is -0.479 e. The molecule has 3 N–H and O–H groups in total. The molecule has 7 heteroatoms. The van der Waals surface area contributed by atoms with E-state index in [1.807, 2.05) is 12.1 Å². The molecule has 0 radical (unpaired) electrons. The summed E-state index contributed by atoms with van der Waals surface area (Å²) < 4.78 is 11.1. The summed E-state index contributed by atoms with van der Waals surface area (Å²) >= 11 is 5.27. The normalized spacial score (nSPS) is 23.2. The first-order valence-electron chi connectivity index (χ1n) is 7.40. The van der Waals surface area contributed by atoms with E-state index in [0.29, 0.717) is 23.1 Å². The van der Waals surface area contributed by atoms with Gasteiger partial charge < -0.3 is 25.4 Å². The van der Waals surface area contributed by atoms with Gasteiger partial charge in [-0.1, -0.05) is 0 Å². The van der Waals surface area contributed by atoms with Gasteiger partial charge in [0.2, 0.25) is 0 Å². The fourth-order valence-corrected chi connectivity index (χ4v) is 2.67. The second-order valence-corrected chi connectivity index (χ2v) is 5.84. The van der Waals surface area contributed by atoms with Gasteiger partial charge in [-0.05, 0) is 50.2 Å². The Labute approximate surface area is 134 Å². The summed E-state index contributed by atoms with van der Waals surface area (Å²) in [6.45, 7) is 3.25. The third-order valence-corrected chi connectivity index (χ3v) is 3.93. The van der Waals surface area contributed by atoms with Crippen molar-refractivity contribution in [3.05, 3.63) is 18.2 Å². The predicted molar refractivity (Wildman–Crippen MR) is 88.4 cm³/mol. The van der Waals surface area contributed by atoms with Crippen LogP contribution in [-0.2, 0) is 9.53 Å². The second kappa shape index (κ2) is 6.50. The van der Waals surface area contributed by atoms with Gasteiger partial charge in [0, 0.05) is 18.8 Å². The molecule has 1 aromatic rings. The van der Waals surface area contributed by atoms with E-state index in [2.05, 4.69) is 16.0 Å². The SMILES string of the molecule is C[C@@H]1Oc2ccc(NC(=S)NC[C@H]3CCCO3)cc2NC1=O. The number of benzene rings is 1. The largest absolute Gasteiger partial charge is 0.479 e. The Balaban J connectivity index is 1.57. The molecule has 2 heterocycles. The van der Waals surface area contributed by atoms with Crippen LogP contribution in [-0.4, -0.2) is 36.4 Å². The van der Waals surface area contributed by atoms with Gasteiger partial charge in [-0.2, -0.15) is 0 Å². The van der Waals surface area contributed by atoms with Crippen LogP contribution >= 0.6 is 12.2 Å². The number of ether oxygens (including phenoxy) is 2. The van der Waals surface area contributed by atoms with Crippen molar-refractivity contribution in [2.45, 2.75) is 32.0 Å². The van der Waals surface area contributed by atoms with Crippen LogP contribution in [0.25, 0.3) is 0 Å². The number of carbonyl (C=O) groups is 1. The van der Waals surface area contributed by atoms with E-state index >= 15 is 0 Å². The zero-order valence-corrected chi connectivity index (χ0v) is 13.2. The Morgan fingerprint density at radius 3 is 3.14 bits per heavy atom. The number of fused-ring (bicyclic) bond motifs is 1. The molecule has 0 bridgehead atoms. The highest BCUT2D eigenvalue weighted by atomic mass is 32.1. The summed E-state index contributed by atoms with van der Waals surface area (Å²) in [6.07, 6.45) is 1.93. The molecule has 2 aliphatic rings. The Hall–Kier alpha value is -1.86. The summed E-state index contributed by atoms with van der Waals surface area (Å²) in [6, 6.07) is 5.48. The van der Waals surface area contributed by atoms with Crippen LogP contribution in [0.2, 0.25) is 0 Å². The molecule has 0 spiro atoms. The van der Waals surface area contributed by atoms with Crippen LogP contribution < -0.4 is 20.7 Å². The number of anilines is 2. The van der Waals surface area contributed by atoms with E-state index < -0.39 is 6.10 Å². The van der Waals surface area contributed by atoms with E-state index in [9.17, 15) is 4.79 Å². The first-order chi connectivity index (χ1) is 10.6. The van der Waals surface area contributed by atoms with Crippen LogP contribution in [0.15, 0.2) is 18.2 Å². The molecule has 3 rings (SSSR count). The Bertz CT molecular complexity index is 587. The number of hydrogen-bond acceptors (Lipinski definition) is 4. The zero-order chi connectivity index (χ0) is 15.5. The molecular weight excluding hydrogens is 302 g/mol. The minimum atomic E-state index is -0.472. The molecule has 0 aromatic heterocycles. The van der Waals surface area contributed by atoms with Crippen molar-refractivity contribution in [2.75, 3.05) is 23.8 Å². The van der Waals surface area contributed by atoms with Crippen LogP contribution in [0.3, 0.4) is 0 Å². The predicted octanol–water partition coefficient (Wildman–Crippen LogP) is 1.87. The van der Waals surface area contributed by atoms with Gasteiger partial charge >= 0.3 is 0 Å². The molecule has 22 heavy (non-hydrogen) atoms. The number of rotatable bonds is 3. The van der Waals surface area contributed by atoms with E-state index in [0.717, 1.165) is 25.1 Å². The summed E-state index contributed by atoms with van der Waals surface area (Å²) in [5.41, 5.74) is 1.44. The third-order valence-electron chi connectivity index (χ3n) is 3.68. The fourth-order valence-electron chi connectivity index (χ4n) is 2.47. The van der Waals surface area contributed by atoms with Gasteiger partial charge in [0.1, 0.15) is 5.75 Å². The highest BCUT2D eigenvalue weighted by Gasteiger charge is 2.23. The molecule has 1 aromatic carbocycles. The molecule has 0 saturated carbocycles. The minimum absolute atomic E-state index is 0.149. The maximum absolute atomic E-state index is 11.6. The van der Waals surface area contributed by atoms with E-state index in [4.69, 9.17) is 21.7 Å². The average Bonchev–Trinajstić information content (AvgIpc) is 3.00. The highest BCUT2D eigenvalue weighted by Crippen LogP contribution is 2.32. The Kier molecular flexibility index (Phi) is 4.44. The molecule has 0 unspecified atom stereocenters. The third kappa shape index (κ3) is 3.48. The summed E-state index contributed by atoms with van der Waals surface area (Å²) in [5, 5.41) is 9.59. The van der Waals surface area contributed by atoms with Gasteiger partial charge in [0.15, 0.2) is 11.2 Å². The summed E-state index contributed by atoms with van der Waals surface area (Å²) in [5.74, 6) is 0.514. The highest BCUT2D eigenvalue weighted by molar-refractivity contribution is 7.80. The smallest absolute Gasteiger partial charge is 0.265 e. The standard InChI is InChI=1S/C15H19N3O3S/c1-9-14(19)18-12-7-10(4-5-13(12)21-9)17-15(22)16-8-11-3-2-6-20-11/h4-5,7,9,11H,2-3,6,8H2,1H3,(H,18,19)(H2,16,17,22)/t9-,11+/m0/s1. The molecule has 1 amide bonds.